The Balaban J connectivity index is 1.52. The molecule has 3 aromatic heterocycles. The van der Waals surface area contributed by atoms with Crippen LogP contribution >= 0.6 is 11.6 Å². The minimum absolute atomic E-state index is 0.116. The number of fused-ring (bicyclic) bond motifs is 4. The molecule has 0 radical (unpaired) electrons. The fourth-order valence-corrected chi connectivity index (χ4v) is 3.82. The van der Waals surface area contributed by atoms with Gasteiger partial charge >= 0.3 is 5.97 Å². The first-order chi connectivity index (χ1) is 14.9. The van der Waals surface area contributed by atoms with Crippen LogP contribution < -0.4 is 5.56 Å². The summed E-state index contributed by atoms with van der Waals surface area (Å²) in [6.45, 7) is 1.63. The van der Waals surface area contributed by atoms with Gasteiger partial charge in [0.25, 0.3) is 5.56 Å². The maximum atomic E-state index is 12.8. The van der Waals surface area contributed by atoms with Gasteiger partial charge in [-0.3, -0.25) is 18.7 Å². The lowest BCUT2D eigenvalue weighted by Gasteiger charge is -2.10. The molecule has 0 fully saturated rings. The van der Waals surface area contributed by atoms with Crippen molar-refractivity contribution < 1.29 is 9.53 Å². The predicted molar refractivity (Wildman–Crippen MR) is 116 cm³/mol. The Hall–Kier alpha value is -3.78. The number of para-hydroxylation sites is 1. The first kappa shape index (κ1) is 19.2. The summed E-state index contributed by atoms with van der Waals surface area (Å²) in [7, 11) is 1.63. The molecule has 0 saturated heterocycles. The van der Waals surface area contributed by atoms with Gasteiger partial charge in [-0.1, -0.05) is 23.7 Å². The molecule has 0 aliphatic rings. The number of pyridine rings is 1. The molecular weight excluding hydrogens is 418 g/mol. The molecule has 0 aliphatic carbocycles. The van der Waals surface area contributed by atoms with E-state index in [0.29, 0.717) is 38.8 Å². The lowest BCUT2D eigenvalue weighted by molar-refractivity contribution is 0.0460. The van der Waals surface area contributed by atoms with Crippen molar-refractivity contribution in [1.29, 1.82) is 0 Å². The molecule has 0 bridgehead atoms. The molecule has 154 valence electrons. The summed E-state index contributed by atoms with van der Waals surface area (Å²) < 4.78 is 8.67. The first-order valence-electron chi connectivity index (χ1n) is 9.50. The van der Waals surface area contributed by atoms with Crippen LogP contribution in [-0.2, 0) is 18.4 Å². The van der Waals surface area contributed by atoms with Crippen LogP contribution in [0.1, 0.15) is 21.9 Å². The van der Waals surface area contributed by atoms with Gasteiger partial charge in [0.2, 0.25) is 5.78 Å². The van der Waals surface area contributed by atoms with Crippen molar-refractivity contribution in [3.8, 4) is 0 Å². The Morgan fingerprint density at radius 1 is 1.13 bits per heavy atom. The zero-order chi connectivity index (χ0) is 21.7. The number of carbonyl (C=O) groups is 1. The van der Waals surface area contributed by atoms with Gasteiger partial charge in [-0.25, -0.2) is 4.79 Å². The molecular formula is C22H16ClN5O3. The average molecular weight is 434 g/mol. The number of aryl methyl sites for hydroxylation is 2. The minimum Gasteiger partial charge on any atom is -0.454 e. The van der Waals surface area contributed by atoms with Gasteiger partial charge in [-0.15, -0.1) is 10.2 Å². The highest BCUT2D eigenvalue weighted by Crippen LogP contribution is 2.22. The maximum Gasteiger partial charge on any atom is 0.340 e. The van der Waals surface area contributed by atoms with E-state index in [0.717, 1.165) is 10.9 Å². The molecule has 31 heavy (non-hydrogen) atoms. The Morgan fingerprint density at radius 3 is 2.77 bits per heavy atom. The summed E-state index contributed by atoms with van der Waals surface area (Å²) in [6.07, 6.45) is 0. The topological polar surface area (TPSA) is 91.4 Å². The second kappa shape index (κ2) is 7.17. The van der Waals surface area contributed by atoms with Gasteiger partial charge in [-0.05, 0) is 43.3 Å². The monoisotopic (exact) mass is 433 g/mol. The zero-order valence-electron chi connectivity index (χ0n) is 16.7. The molecule has 0 N–H and O–H groups in total. The molecule has 3 heterocycles. The van der Waals surface area contributed by atoms with Crippen LogP contribution in [0.25, 0.3) is 27.6 Å². The van der Waals surface area contributed by atoms with Gasteiger partial charge in [-0.2, -0.15) is 0 Å². The molecule has 5 rings (SSSR count). The highest BCUT2D eigenvalue weighted by molar-refractivity contribution is 6.31. The molecule has 0 amide bonds. The highest BCUT2D eigenvalue weighted by atomic mass is 35.5. The smallest absolute Gasteiger partial charge is 0.340 e. The van der Waals surface area contributed by atoms with E-state index in [1.807, 2.05) is 6.07 Å². The number of nitrogens with zero attached hydrogens (tertiary/aromatic N) is 5. The third-order valence-corrected chi connectivity index (χ3v) is 5.45. The summed E-state index contributed by atoms with van der Waals surface area (Å²) in [5.41, 5.74) is 2.12. The second-order valence-electron chi connectivity index (χ2n) is 7.17. The van der Waals surface area contributed by atoms with Crippen molar-refractivity contribution in [1.82, 2.24) is 24.1 Å². The van der Waals surface area contributed by atoms with E-state index in [9.17, 15) is 9.59 Å². The molecule has 9 heteroatoms. The Kier molecular flexibility index (Phi) is 4.44. The number of hydrogen-bond donors (Lipinski definition) is 0. The van der Waals surface area contributed by atoms with Gasteiger partial charge < -0.3 is 4.74 Å². The SMILES string of the molecule is Cc1nc2ccc(Cl)cc2cc1C(=O)OCc1nnc2n(C)c(=O)c3ccccc3n12. The van der Waals surface area contributed by atoms with E-state index in [-0.39, 0.29) is 12.2 Å². The van der Waals surface area contributed by atoms with E-state index < -0.39 is 5.97 Å². The lowest BCUT2D eigenvalue weighted by Crippen LogP contribution is -2.20. The normalized spacial score (nSPS) is 11.5. The minimum atomic E-state index is -0.530. The average Bonchev–Trinajstić information content (AvgIpc) is 3.20. The molecule has 5 aromatic rings. The van der Waals surface area contributed by atoms with E-state index in [1.165, 1.54) is 4.57 Å². The van der Waals surface area contributed by atoms with Crippen LogP contribution in [-0.4, -0.2) is 30.1 Å². The fraction of sp³-hybridized carbons (Fsp3) is 0.136. The number of benzene rings is 2. The van der Waals surface area contributed by atoms with E-state index in [2.05, 4.69) is 15.2 Å². The Labute approximate surface area is 180 Å². The maximum absolute atomic E-state index is 12.8. The van der Waals surface area contributed by atoms with Gasteiger partial charge in [0, 0.05) is 17.5 Å². The third kappa shape index (κ3) is 3.12. The summed E-state index contributed by atoms with van der Waals surface area (Å²) >= 11 is 6.06. The van der Waals surface area contributed by atoms with Crippen molar-refractivity contribution in [3.63, 3.8) is 0 Å². The van der Waals surface area contributed by atoms with Crippen molar-refractivity contribution in [3.05, 3.63) is 81.0 Å². The largest absolute Gasteiger partial charge is 0.454 e. The van der Waals surface area contributed by atoms with E-state index in [1.54, 1.807) is 60.8 Å². The van der Waals surface area contributed by atoms with Crippen LogP contribution in [0.5, 0.6) is 0 Å². The van der Waals surface area contributed by atoms with Gasteiger partial charge in [0.15, 0.2) is 12.4 Å². The zero-order valence-corrected chi connectivity index (χ0v) is 17.4. The van der Waals surface area contributed by atoms with Crippen LogP contribution in [0.4, 0.5) is 0 Å². The Bertz CT molecular complexity index is 1570. The van der Waals surface area contributed by atoms with Crippen LogP contribution in [0, 0.1) is 6.92 Å². The summed E-state index contributed by atoms with van der Waals surface area (Å²) in [5, 5.41) is 10.1. The standard InChI is InChI=1S/C22H16ClN5O3/c1-12-16(10-13-9-14(23)7-8-17(13)24-12)21(30)31-11-19-25-26-22-27(2)20(29)15-5-3-4-6-18(15)28(19)22/h3-10H,11H2,1-2H3. The van der Waals surface area contributed by atoms with Crippen molar-refractivity contribution in [2.75, 3.05) is 0 Å². The molecule has 0 unspecified atom stereocenters. The van der Waals surface area contributed by atoms with Crippen molar-refractivity contribution in [2.45, 2.75) is 13.5 Å². The van der Waals surface area contributed by atoms with Gasteiger partial charge in [0.1, 0.15) is 0 Å². The van der Waals surface area contributed by atoms with E-state index >= 15 is 0 Å². The van der Waals surface area contributed by atoms with Crippen molar-refractivity contribution >= 4 is 45.2 Å². The number of rotatable bonds is 3. The van der Waals surface area contributed by atoms with Crippen LogP contribution in [0.2, 0.25) is 5.02 Å². The van der Waals surface area contributed by atoms with Crippen LogP contribution in [0.15, 0.2) is 53.3 Å². The highest BCUT2D eigenvalue weighted by Gasteiger charge is 2.18. The number of halogens is 1. The van der Waals surface area contributed by atoms with E-state index in [4.69, 9.17) is 16.3 Å². The predicted octanol–water partition coefficient (Wildman–Crippen LogP) is 3.45. The fourth-order valence-electron chi connectivity index (χ4n) is 3.64. The molecule has 8 nitrogen and oxygen atoms in total. The Morgan fingerprint density at radius 2 is 1.94 bits per heavy atom. The number of ether oxygens (including phenoxy) is 1. The number of aromatic nitrogens is 5. The van der Waals surface area contributed by atoms with Crippen molar-refractivity contribution in [2.24, 2.45) is 7.05 Å². The second-order valence-corrected chi connectivity index (χ2v) is 7.60. The lowest BCUT2D eigenvalue weighted by atomic mass is 10.1. The molecule has 0 spiro atoms. The quantitative estimate of drug-likeness (QED) is 0.405. The number of hydrogen-bond acceptors (Lipinski definition) is 6. The first-order valence-corrected chi connectivity index (χ1v) is 9.87. The summed E-state index contributed by atoms with van der Waals surface area (Å²) in [5.74, 6) is 0.246. The number of esters is 1. The number of carbonyl (C=O) groups excluding carboxylic acids is 1. The van der Waals surface area contributed by atoms with Gasteiger partial charge in [0.05, 0.1) is 27.7 Å². The molecule has 0 aliphatic heterocycles. The molecule has 0 saturated carbocycles. The summed E-state index contributed by atoms with van der Waals surface area (Å²) in [6, 6.07) is 14.2. The molecule has 0 atom stereocenters. The van der Waals surface area contributed by atoms with Crippen LogP contribution in [0.3, 0.4) is 0 Å². The summed E-state index contributed by atoms with van der Waals surface area (Å²) in [4.78, 5) is 29.8. The molecule has 2 aromatic carbocycles. The third-order valence-electron chi connectivity index (χ3n) is 5.21.